The van der Waals surface area contributed by atoms with Gasteiger partial charge in [-0.05, 0) is 49.9 Å². The first-order valence-electron chi connectivity index (χ1n) is 9.44. The van der Waals surface area contributed by atoms with Gasteiger partial charge in [0.1, 0.15) is 6.10 Å². The molecule has 0 heterocycles. The van der Waals surface area contributed by atoms with Gasteiger partial charge in [-0.2, -0.15) is 0 Å². The maximum atomic E-state index is 12.8. The summed E-state index contributed by atoms with van der Waals surface area (Å²) in [5, 5.41) is 3.20. The highest BCUT2D eigenvalue weighted by molar-refractivity contribution is 5.78. The molecule has 0 radical (unpaired) electrons. The summed E-state index contributed by atoms with van der Waals surface area (Å²) in [6.45, 7) is 8.35. The Morgan fingerprint density at radius 3 is 2.08 bits per heavy atom. The molecule has 0 aliphatic carbocycles. The van der Waals surface area contributed by atoms with Gasteiger partial charge < -0.3 is 10.1 Å². The Labute approximate surface area is 157 Å². The van der Waals surface area contributed by atoms with E-state index in [1.807, 2.05) is 63.4 Å². The highest BCUT2D eigenvalue weighted by atomic mass is 16.5. The quantitative estimate of drug-likeness (QED) is 0.687. The first-order valence-corrected chi connectivity index (χ1v) is 9.44. The number of hydrogen-bond donors (Lipinski definition) is 1. The number of ether oxygens (including phenoxy) is 1. The molecule has 2 rings (SSSR count). The van der Waals surface area contributed by atoms with Gasteiger partial charge >= 0.3 is 5.97 Å². The molecule has 0 fully saturated rings. The Kier molecular flexibility index (Phi) is 7.40. The monoisotopic (exact) mass is 353 g/mol. The van der Waals surface area contributed by atoms with E-state index in [2.05, 4.69) is 31.3 Å². The van der Waals surface area contributed by atoms with Crippen LogP contribution in [0.15, 0.2) is 54.6 Å². The van der Waals surface area contributed by atoms with E-state index < -0.39 is 0 Å². The lowest BCUT2D eigenvalue weighted by molar-refractivity contribution is -0.152. The minimum Gasteiger partial charge on any atom is -0.455 e. The first-order chi connectivity index (χ1) is 12.4. The lowest BCUT2D eigenvalue weighted by Crippen LogP contribution is -2.33. The largest absolute Gasteiger partial charge is 0.455 e. The predicted octanol–water partition coefficient (Wildman–Crippen LogP) is 4.88. The molecule has 0 amide bonds. The van der Waals surface area contributed by atoms with E-state index in [4.69, 9.17) is 4.74 Å². The number of likely N-dealkylation sites (N-methyl/N-ethyl adjacent to an activating group) is 1. The molecule has 0 spiro atoms. The summed E-state index contributed by atoms with van der Waals surface area (Å²) >= 11 is 0. The SMILES string of the molecule is CN[C@@H](C)C(OC(=O)C(C)c1ccc(CC(C)C)cc1)c1ccccc1. The molecule has 2 aromatic rings. The van der Waals surface area contributed by atoms with Crippen molar-refractivity contribution in [1.29, 1.82) is 0 Å². The van der Waals surface area contributed by atoms with Crippen LogP contribution in [-0.2, 0) is 16.0 Å². The molecular formula is C23H31NO2. The van der Waals surface area contributed by atoms with Crippen molar-refractivity contribution in [3.05, 3.63) is 71.3 Å². The molecule has 0 saturated heterocycles. The van der Waals surface area contributed by atoms with Crippen molar-refractivity contribution in [2.24, 2.45) is 5.92 Å². The summed E-state index contributed by atoms with van der Waals surface area (Å²) in [4.78, 5) is 12.8. The van der Waals surface area contributed by atoms with Gasteiger partial charge in [0.05, 0.1) is 5.92 Å². The Bertz CT molecular complexity index is 679. The highest BCUT2D eigenvalue weighted by Gasteiger charge is 2.26. The Morgan fingerprint density at radius 1 is 0.923 bits per heavy atom. The Hall–Kier alpha value is -2.13. The number of nitrogens with one attached hydrogen (secondary N) is 1. The molecule has 0 bridgehead atoms. The first kappa shape index (κ1) is 20.2. The molecule has 140 valence electrons. The predicted molar refractivity (Wildman–Crippen MR) is 107 cm³/mol. The summed E-state index contributed by atoms with van der Waals surface area (Å²) in [5.74, 6) is 0.133. The van der Waals surface area contributed by atoms with Crippen LogP contribution in [0.4, 0.5) is 0 Å². The second kappa shape index (κ2) is 9.54. The fourth-order valence-electron chi connectivity index (χ4n) is 3.03. The third-order valence-corrected chi connectivity index (χ3v) is 4.76. The van der Waals surface area contributed by atoms with E-state index in [1.54, 1.807) is 0 Å². The Morgan fingerprint density at radius 2 is 1.54 bits per heavy atom. The van der Waals surface area contributed by atoms with Crippen molar-refractivity contribution >= 4 is 5.97 Å². The summed E-state index contributed by atoms with van der Waals surface area (Å²) in [5.41, 5.74) is 3.30. The molecule has 2 unspecified atom stereocenters. The molecule has 0 aliphatic heterocycles. The van der Waals surface area contributed by atoms with Crippen molar-refractivity contribution in [2.45, 2.75) is 52.2 Å². The van der Waals surface area contributed by atoms with E-state index in [0.717, 1.165) is 17.5 Å². The van der Waals surface area contributed by atoms with Gasteiger partial charge in [-0.1, -0.05) is 68.4 Å². The molecule has 0 aromatic heterocycles. The minimum atomic E-state index is -0.309. The second-order valence-electron chi connectivity index (χ2n) is 7.41. The Balaban J connectivity index is 2.10. The molecule has 0 aliphatic rings. The van der Waals surface area contributed by atoms with Crippen molar-refractivity contribution < 1.29 is 9.53 Å². The molecule has 3 atom stereocenters. The zero-order chi connectivity index (χ0) is 19.1. The normalized spacial score (nSPS) is 14.7. The van der Waals surface area contributed by atoms with Gasteiger partial charge in [-0.15, -0.1) is 0 Å². The molecule has 3 nitrogen and oxygen atoms in total. The number of carbonyl (C=O) groups is 1. The third-order valence-electron chi connectivity index (χ3n) is 4.76. The fourth-order valence-corrected chi connectivity index (χ4v) is 3.03. The fraction of sp³-hybridized carbons (Fsp3) is 0.435. The zero-order valence-electron chi connectivity index (χ0n) is 16.5. The van der Waals surface area contributed by atoms with Gasteiger partial charge in [0.15, 0.2) is 0 Å². The topological polar surface area (TPSA) is 38.3 Å². The van der Waals surface area contributed by atoms with Crippen LogP contribution in [0.2, 0.25) is 0 Å². The summed E-state index contributed by atoms with van der Waals surface area (Å²) in [6.07, 6.45) is 0.742. The van der Waals surface area contributed by atoms with Crippen LogP contribution in [0.5, 0.6) is 0 Å². The van der Waals surface area contributed by atoms with Gasteiger partial charge in [-0.3, -0.25) is 4.79 Å². The molecule has 1 N–H and O–H groups in total. The molecule has 26 heavy (non-hydrogen) atoms. The minimum absolute atomic E-state index is 0.0296. The van der Waals surface area contributed by atoms with Crippen molar-refractivity contribution in [3.8, 4) is 0 Å². The smallest absolute Gasteiger partial charge is 0.313 e. The van der Waals surface area contributed by atoms with Gasteiger partial charge in [-0.25, -0.2) is 0 Å². The number of carbonyl (C=O) groups excluding carboxylic acids is 1. The number of benzene rings is 2. The lowest BCUT2D eigenvalue weighted by Gasteiger charge is -2.26. The van der Waals surface area contributed by atoms with E-state index >= 15 is 0 Å². The van der Waals surface area contributed by atoms with Crippen LogP contribution < -0.4 is 5.32 Å². The summed E-state index contributed by atoms with van der Waals surface area (Å²) < 4.78 is 5.90. The summed E-state index contributed by atoms with van der Waals surface area (Å²) in [6, 6.07) is 18.2. The molecule has 0 saturated carbocycles. The second-order valence-corrected chi connectivity index (χ2v) is 7.41. The summed E-state index contributed by atoms with van der Waals surface area (Å²) in [7, 11) is 1.88. The zero-order valence-corrected chi connectivity index (χ0v) is 16.5. The van der Waals surface area contributed by atoms with Crippen molar-refractivity contribution in [3.63, 3.8) is 0 Å². The van der Waals surface area contributed by atoms with Crippen LogP contribution in [0.3, 0.4) is 0 Å². The van der Waals surface area contributed by atoms with E-state index in [-0.39, 0.29) is 24.0 Å². The number of rotatable bonds is 8. The van der Waals surface area contributed by atoms with Crippen molar-refractivity contribution in [1.82, 2.24) is 5.32 Å². The van der Waals surface area contributed by atoms with Crippen LogP contribution in [0.1, 0.15) is 56.4 Å². The maximum Gasteiger partial charge on any atom is 0.313 e. The standard InChI is InChI=1S/C23H31NO2/c1-16(2)15-19-11-13-20(14-12-19)17(3)23(25)26-22(18(4)24-5)21-9-7-6-8-10-21/h6-14,16-18,22,24H,15H2,1-5H3/t17?,18-,22?/m0/s1. The van der Waals surface area contributed by atoms with Crippen LogP contribution in [0, 0.1) is 5.92 Å². The molecule has 2 aromatic carbocycles. The number of esters is 1. The van der Waals surface area contributed by atoms with E-state index in [9.17, 15) is 4.79 Å². The van der Waals surface area contributed by atoms with Crippen LogP contribution in [-0.4, -0.2) is 19.1 Å². The molecule has 3 heteroatoms. The van der Waals surface area contributed by atoms with Crippen LogP contribution >= 0.6 is 0 Å². The van der Waals surface area contributed by atoms with Gasteiger partial charge in [0, 0.05) is 6.04 Å². The lowest BCUT2D eigenvalue weighted by atomic mass is 9.96. The maximum absolute atomic E-state index is 12.8. The van der Waals surface area contributed by atoms with Gasteiger partial charge in [0.25, 0.3) is 0 Å². The van der Waals surface area contributed by atoms with Crippen LogP contribution in [0.25, 0.3) is 0 Å². The number of hydrogen-bond acceptors (Lipinski definition) is 3. The van der Waals surface area contributed by atoms with E-state index in [0.29, 0.717) is 5.92 Å². The average molecular weight is 354 g/mol. The van der Waals surface area contributed by atoms with E-state index in [1.165, 1.54) is 5.56 Å². The highest BCUT2D eigenvalue weighted by Crippen LogP contribution is 2.26. The third kappa shape index (κ3) is 5.43. The molecular weight excluding hydrogens is 322 g/mol. The van der Waals surface area contributed by atoms with Crippen molar-refractivity contribution in [2.75, 3.05) is 7.05 Å². The average Bonchev–Trinajstić information content (AvgIpc) is 2.65. The van der Waals surface area contributed by atoms with Gasteiger partial charge in [0.2, 0.25) is 0 Å².